The number of hydrogen-bond acceptors (Lipinski definition) is 4. The Bertz CT molecular complexity index is 510. The zero-order valence-electron chi connectivity index (χ0n) is 26.5. The number of nitrogens with zero attached hydrogens (tertiary/aromatic N) is 2. The Morgan fingerprint density at radius 3 is 0.838 bits per heavy atom. The molecule has 0 aliphatic carbocycles. The largest absolute Gasteiger partial charge is 0.759 e. The molecule has 0 atom stereocenters. The van der Waals surface area contributed by atoms with E-state index in [0.29, 0.717) is 0 Å². The van der Waals surface area contributed by atoms with Crippen LogP contribution in [-0.4, -0.2) is 80.9 Å². The van der Waals surface area contributed by atoms with Gasteiger partial charge in [0, 0.05) is 10.4 Å². The first kappa shape index (κ1) is 41.3. The average molecular weight is 553 g/mol. The Balaban J connectivity index is -0.000000528. The Morgan fingerprint density at radius 1 is 0.405 bits per heavy atom. The van der Waals surface area contributed by atoms with Crippen molar-refractivity contribution >= 4 is 10.4 Å². The van der Waals surface area contributed by atoms with Gasteiger partial charge in [-0.15, -0.1) is 0 Å². The van der Waals surface area contributed by atoms with Gasteiger partial charge in [-0.25, -0.2) is 0 Å². The highest BCUT2D eigenvalue weighted by Gasteiger charge is 2.12. The first-order valence-electron chi connectivity index (χ1n) is 15.5. The van der Waals surface area contributed by atoms with Crippen LogP contribution in [0, 0.1) is 0 Å². The van der Waals surface area contributed by atoms with Crippen molar-refractivity contribution in [2.45, 2.75) is 143 Å². The van der Waals surface area contributed by atoms with Crippen LogP contribution in [0.3, 0.4) is 0 Å². The number of rotatable bonds is 22. The van der Waals surface area contributed by atoms with Gasteiger partial charge in [-0.05, 0) is 38.5 Å². The molecule has 0 rings (SSSR count). The summed E-state index contributed by atoms with van der Waals surface area (Å²) in [6.45, 7) is 14.5. The maximum Gasteiger partial charge on any atom is 0.0782 e. The molecule has 0 saturated carbocycles. The molecule has 0 N–H and O–H groups in total. The smallest absolute Gasteiger partial charge is 0.0782 e. The van der Waals surface area contributed by atoms with Gasteiger partial charge in [-0.1, -0.05) is 105 Å². The summed E-state index contributed by atoms with van der Waals surface area (Å²) in [7, 11) is 4.30. The zero-order valence-corrected chi connectivity index (χ0v) is 27.3. The predicted molar refractivity (Wildman–Crippen MR) is 160 cm³/mol. The molecule has 7 heteroatoms. The molecule has 0 spiro atoms. The van der Waals surface area contributed by atoms with Crippen LogP contribution in [0.15, 0.2) is 0 Å². The van der Waals surface area contributed by atoms with E-state index in [0.717, 1.165) is 0 Å². The quantitative estimate of drug-likeness (QED) is 0.0592. The third kappa shape index (κ3) is 46.0. The Labute approximate surface area is 234 Å². The van der Waals surface area contributed by atoms with Gasteiger partial charge < -0.3 is 18.1 Å². The summed E-state index contributed by atoms with van der Waals surface area (Å²) in [6.07, 6.45) is 25.6. The second kappa shape index (κ2) is 27.4. The minimum Gasteiger partial charge on any atom is -0.759 e. The van der Waals surface area contributed by atoms with Crippen molar-refractivity contribution in [3.63, 3.8) is 0 Å². The van der Waals surface area contributed by atoms with Crippen LogP contribution in [0.2, 0.25) is 0 Å². The lowest BCUT2D eigenvalue weighted by Gasteiger charge is -2.29. The molecule has 0 aliphatic rings. The van der Waals surface area contributed by atoms with Gasteiger partial charge in [0.1, 0.15) is 0 Å². The molecule has 0 saturated heterocycles. The van der Waals surface area contributed by atoms with E-state index in [2.05, 4.69) is 55.9 Å². The Kier molecular flexibility index (Phi) is 30.5. The van der Waals surface area contributed by atoms with Crippen LogP contribution in [-0.2, 0) is 10.4 Å². The van der Waals surface area contributed by atoms with E-state index in [4.69, 9.17) is 17.5 Å². The molecular formula is C30H68N2O4S. The molecule has 0 aromatic heterocycles. The van der Waals surface area contributed by atoms with Gasteiger partial charge in [0.2, 0.25) is 0 Å². The van der Waals surface area contributed by atoms with Crippen molar-refractivity contribution in [2.75, 3.05) is 54.4 Å². The summed E-state index contributed by atoms with van der Waals surface area (Å²) in [4.78, 5) is 0. The van der Waals surface area contributed by atoms with Crippen molar-refractivity contribution < 1.29 is 26.5 Å². The van der Waals surface area contributed by atoms with E-state index in [-0.39, 0.29) is 0 Å². The number of hydrogen-bond donors (Lipinski definition) is 0. The minimum absolute atomic E-state index is 1.21. The average Bonchev–Trinajstić information content (AvgIpc) is 2.76. The van der Waals surface area contributed by atoms with E-state index >= 15 is 0 Å². The maximum absolute atomic E-state index is 8.52. The van der Waals surface area contributed by atoms with E-state index in [1.165, 1.54) is 151 Å². The summed E-state index contributed by atoms with van der Waals surface area (Å²) in [5.41, 5.74) is 0. The molecule has 0 heterocycles. The first-order chi connectivity index (χ1) is 17.2. The topological polar surface area (TPSA) is 80.3 Å². The third-order valence-electron chi connectivity index (χ3n) is 6.89. The zero-order chi connectivity index (χ0) is 29.1. The fourth-order valence-electron chi connectivity index (χ4n) is 4.78. The number of quaternary nitrogens is 2. The van der Waals surface area contributed by atoms with E-state index in [1.54, 1.807) is 0 Å². The molecule has 6 nitrogen and oxygen atoms in total. The standard InChI is InChI=1S/2C15H34N.H2O4S/c2*1-5-7-8-9-10-11-12-13-15-16(3,4)14-6-2;1-5(2,3)4/h2*5-15H2,1-4H3;(H2,1,2,3,4)/q2*+1;/p-2. The molecule has 0 aliphatic heterocycles. The van der Waals surface area contributed by atoms with E-state index in [1.807, 2.05) is 0 Å². The lowest BCUT2D eigenvalue weighted by atomic mass is 10.1. The van der Waals surface area contributed by atoms with Gasteiger partial charge in [-0.3, -0.25) is 8.42 Å². The van der Waals surface area contributed by atoms with Gasteiger partial charge in [0.25, 0.3) is 0 Å². The molecule has 0 aromatic rings. The summed E-state index contributed by atoms with van der Waals surface area (Å²) in [6, 6.07) is 0. The number of unbranched alkanes of at least 4 members (excludes halogenated alkanes) is 14. The normalized spacial score (nSPS) is 11.9. The van der Waals surface area contributed by atoms with Crippen LogP contribution in [0.1, 0.15) is 143 Å². The lowest BCUT2D eigenvalue weighted by molar-refractivity contribution is -0.890. The summed E-state index contributed by atoms with van der Waals surface area (Å²) in [5, 5.41) is 0. The van der Waals surface area contributed by atoms with Crippen molar-refractivity contribution in [1.29, 1.82) is 0 Å². The molecule has 0 fully saturated rings. The lowest BCUT2D eigenvalue weighted by Crippen LogP contribution is -2.40. The monoisotopic (exact) mass is 552 g/mol. The minimum atomic E-state index is -5.17. The summed E-state index contributed by atoms with van der Waals surface area (Å²) in [5.74, 6) is 0. The van der Waals surface area contributed by atoms with Crippen LogP contribution >= 0.6 is 0 Å². The Hall–Kier alpha value is -0.210. The van der Waals surface area contributed by atoms with Crippen molar-refractivity contribution in [1.82, 2.24) is 0 Å². The molecular weight excluding hydrogens is 484 g/mol. The first-order valence-corrected chi connectivity index (χ1v) is 16.9. The maximum atomic E-state index is 8.52. The second-order valence-electron chi connectivity index (χ2n) is 12.1. The van der Waals surface area contributed by atoms with E-state index in [9.17, 15) is 0 Å². The van der Waals surface area contributed by atoms with Crippen molar-refractivity contribution in [3.8, 4) is 0 Å². The molecule has 0 unspecified atom stereocenters. The SMILES string of the molecule is CCCCCCCCCC[N+](C)(C)CCC.CCCCCCCCCC[N+](C)(C)CCC.O=S(=O)([O-])[O-]. The molecule has 0 radical (unpaired) electrons. The summed E-state index contributed by atoms with van der Waals surface area (Å²) < 4.78 is 36.5. The van der Waals surface area contributed by atoms with Crippen LogP contribution in [0.25, 0.3) is 0 Å². The molecule has 0 amide bonds. The molecule has 0 bridgehead atoms. The van der Waals surface area contributed by atoms with Crippen LogP contribution < -0.4 is 0 Å². The van der Waals surface area contributed by atoms with Gasteiger partial charge in [-0.2, -0.15) is 0 Å². The van der Waals surface area contributed by atoms with Gasteiger partial charge in [0.05, 0.1) is 54.4 Å². The van der Waals surface area contributed by atoms with Crippen molar-refractivity contribution in [3.05, 3.63) is 0 Å². The fraction of sp³-hybridized carbons (Fsp3) is 1.00. The van der Waals surface area contributed by atoms with Crippen LogP contribution in [0.5, 0.6) is 0 Å². The Morgan fingerprint density at radius 2 is 0.622 bits per heavy atom. The van der Waals surface area contributed by atoms with E-state index < -0.39 is 10.4 Å². The highest BCUT2D eigenvalue weighted by atomic mass is 32.3. The van der Waals surface area contributed by atoms with Gasteiger partial charge in [0.15, 0.2) is 0 Å². The van der Waals surface area contributed by atoms with Crippen LogP contribution in [0.4, 0.5) is 0 Å². The highest BCUT2D eigenvalue weighted by Crippen LogP contribution is 2.11. The molecule has 0 aromatic carbocycles. The molecule has 37 heavy (non-hydrogen) atoms. The second-order valence-corrected chi connectivity index (χ2v) is 12.9. The fourth-order valence-corrected chi connectivity index (χ4v) is 4.78. The molecule has 228 valence electrons. The predicted octanol–water partition coefficient (Wildman–Crippen LogP) is 7.89. The van der Waals surface area contributed by atoms with Crippen molar-refractivity contribution in [2.24, 2.45) is 0 Å². The summed E-state index contributed by atoms with van der Waals surface area (Å²) >= 11 is 0. The third-order valence-corrected chi connectivity index (χ3v) is 6.89. The van der Waals surface area contributed by atoms with Gasteiger partial charge >= 0.3 is 0 Å². The highest BCUT2D eigenvalue weighted by molar-refractivity contribution is 7.79.